The van der Waals surface area contributed by atoms with Crippen molar-refractivity contribution >= 4 is 14.1 Å². The minimum atomic E-state index is -1.61. The van der Waals surface area contributed by atoms with Gasteiger partial charge in [0, 0.05) is 18.9 Å². The molecule has 0 rings (SSSR count). The van der Waals surface area contributed by atoms with Crippen LogP contribution >= 0.6 is 0 Å². The summed E-state index contributed by atoms with van der Waals surface area (Å²) in [6, 6.07) is 0. The van der Waals surface area contributed by atoms with Gasteiger partial charge in [0.25, 0.3) is 0 Å². The lowest BCUT2D eigenvalue weighted by Crippen LogP contribution is -2.25. The van der Waals surface area contributed by atoms with E-state index in [2.05, 4.69) is 47.3 Å². The van der Waals surface area contributed by atoms with Crippen LogP contribution in [0, 0.1) is 11.8 Å². The fraction of sp³-hybridized carbons (Fsp3) is 0.786. The van der Waals surface area contributed by atoms with Crippen molar-refractivity contribution in [3.05, 3.63) is 11.8 Å². The Kier molecular flexibility index (Phi) is 6.76. The molecular weight excluding hydrogens is 228 g/mol. The summed E-state index contributed by atoms with van der Waals surface area (Å²) in [7, 11) is -1.61. The van der Waals surface area contributed by atoms with Gasteiger partial charge in [-0.1, -0.05) is 27.7 Å². The Balaban J connectivity index is 4.66. The maximum Gasteiger partial charge on any atom is 0.241 e. The molecule has 0 aliphatic carbocycles. The Morgan fingerprint density at radius 2 is 1.53 bits per heavy atom. The van der Waals surface area contributed by atoms with Gasteiger partial charge in [-0.2, -0.15) is 0 Å². The van der Waals surface area contributed by atoms with Crippen LogP contribution in [0.4, 0.5) is 0 Å². The molecule has 0 unspecified atom stereocenters. The Hall–Kier alpha value is -0.573. The molecule has 0 saturated carbocycles. The largest absolute Gasteiger partial charge is 0.547 e. The number of ketones is 1. The van der Waals surface area contributed by atoms with E-state index < -0.39 is 8.32 Å². The van der Waals surface area contributed by atoms with E-state index in [-0.39, 0.29) is 5.78 Å². The molecule has 0 aliphatic heterocycles. The average Bonchev–Trinajstić information content (AvgIpc) is 1.95. The predicted octanol–water partition coefficient (Wildman–Crippen LogP) is 4.38. The van der Waals surface area contributed by atoms with Gasteiger partial charge in [-0.05, 0) is 31.5 Å². The fourth-order valence-electron chi connectivity index (χ4n) is 1.57. The Morgan fingerprint density at radius 1 is 1.06 bits per heavy atom. The van der Waals surface area contributed by atoms with Crippen LogP contribution in [0.2, 0.25) is 19.6 Å². The smallest absolute Gasteiger partial charge is 0.241 e. The van der Waals surface area contributed by atoms with Crippen molar-refractivity contribution in [1.82, 2.24) is 0 Å². The van der Waals surface area contributed by atoms with Crippen LogP contribution in [0.15, 0.2) is 11.8 Å². The molecule has 2 nitrogen and oxygen atoms in total. The van der Waals surface area contributed by atoms with E-state index in [1.807, 2.05) is 0 Å². The Bertz CT molecular complexity index is 272. The summed E-state index contributed by atoms with van der Waals surface area (Å²) in [4.78, 5) is 11.8. The third kappa shape index (κ3) is 10.3. The van der Waals surface area contributed by atoms with Gasteiger partial charge < -0.3 is 4.43 Å². The van der Waals surface area contributed by atoms with Crippen LogP contribution in [0.3, 0.4) is 0 Å². The quantitative estimate of drug-likeness (QED) is 0.384. The van der Waals surface area contributed by atoms with Crippen molar-refractivity contribution in [2.75, 3.05) is 0 Å². The van der Waals surface area contributed by atoms with Crippen LogP contribution in [0.25, 0.3) is 0 Å². The summed E-state index contributed by atoms with van der Waals surface area (Å²) in [6.45, 7) is 14.9. The molecule has 0 spiro atoms. The lowest BCUT2D eigenvalue weighted by atomic mass is 10.0. The SMILES string of the molecule is CC(C)CC(=O)/C=C(/CC(C)C)O[Si](C)(C)C. The molecule has 0 aromatic heterocycles. The molecule has 0 amide bonds. The summed E-state index contributed by atoms with van der Waals surface area (Å²) in [5, 5.41) is 0. The molecule has 0 saturated heterocycles. The average molecular weight is 256 g/mol. The van der Waals surface area contributed by atoms with Gasteiger partial charge in [0.2, 0.25) is 8.32 Å². The summed E-state index contributed by atoms with van der Waals surface area (Å²) < 4.78 is 5.98. The lowest BCUT2D eigenvalue weighted by molar-refractivity contribution is -0.115. The zero-order valence-electron chi connectivity index (χ0n) is 12.5. The van der Waals surface area contributed by atoms with E-state index in [4.69, 9.17) is 4.43 Å². The molecule has 0 fully saturated rings. The molecule has 0 radical (unpaired) electrons. The van der Waals surface area contributed by atoms with Crippen molar-refractivity contribution in [3.8, 4) is 0 Å². The first-order valence-electron chi connectivity index (χ1n) is 6.52. The molecule has 0 aromatic carbocycles. The summed E-state index contributed by atoms with van der Waals surface area (Å²) >= 11 is 0. The molecule has 0 N–H and O–H groups in total. The van der Waals surface area contributed by atoms with E-state index in [1.165, 1.54) is 0 Å². The van der Waals surface area contributed by atoms with Gasteiger partial charge in [0.1, 0.15) is 0 Å². The topological polar surface area (TPSA) is 26.3 Å². The summed E-state index contributed by atoms with van der Waals surface area (Å²) in [6.07, 6.45) is 3.18. The normalized spacial score (nSPS) is 13.4. The van der Waals surface area contributed by atoms with Gasteiger partial charge >= 0.3 is 0 Å². The zero-order chi connectivity index (χ0) is 13.6. The van der Waals surface area contributed by atoms with Crippen molar-refractivity contribution in [2.45, 2.75) is 60.2 Å². The molecular formula is C14H28O2Si. The second-order valence-corrected chi connectivity index (χ2v) is 10.9. The second-order valence-electron chi connectivity index (χ2n) is 6.49. The molecule has 100 valence electrons. The number of hydrogen-bond acceptors (Lipinski definition) is 2. The third-order valence-corrected chi connectivity index (χ3v) is 2.85. The second kappa shape index (κ2) is 6.99. The highest BCUT2D eigenvalue weighted by Crippen LogP contribution is 2.18. The Labute approximate surface area is 108 Å². The van der Waals surface area contributed by atoms with E-state index in [0.29, 0.717) is 18.3 Å². The van der Waals surface area contributed by atoms with Crippen molar-refractivity contribution < 1.29 is 9.22 Å². The van der Waals surface area contributed by atoms with Crippen LogP contribution in [-0.2, 0) is 9.22 Å². The van der Waals surface area contributed by atoms with E-state index in [0.717, 1.165) is 12.2 Å². The lowest BCUT2D eigenvalue weighted by Gasteiger charge is -2.23. The highest BCUT2D eigenvalue weighted by atomic mass is 28.4. The van der Waals surface area contributed by atoms with Crippen LogP contribution in [0.1, 0.15) is 40.5 Å². The number of carbonyl (C=O) groups excluding carboxylic acids is 1. The molecule has 17 heavy (non-hydrogen) atoms. The highest BCUT2D eigenvalue weighted by Gasteiger charge is 2.19. The first-order chi connectivity index (χ1) is 7.60. The van der Waals surface area contributed by atoms with Crippen LogP contribution < -0.4 is 0 Å². The third-order valence-electron chi connectivity index (χ3n) is 1.98. The summed E-state index contributed by atoms with van der Waals surface area (Å²) in [5.41, 5.74) is 0. The van der Waals surface area contributed by atoms with Gasteiger partial charge in [0.05, 0.1) is 5.76 Å². The van der Waals surface area contributed by atoms with Gasteiger partial charge in [-0.25, -0.2) is 0 Å². The number of rotatable bonds is 7. The first-order valence-corrected chi connectivity index (χ1v) is 9.93. The number of allylic oxidation sites excluding steroid dienone is 2. The predicted molar refractivity (Wildman–Crippen MR) is 76.4 cm³/mol. The Morgan fingerprint density at radius 3 is 1.88 bits per heavy atom. The van der Waals surface area contributed by atoms with Crippen molar-refractivity contribution in [3.63, 3.8) is 0 Å². The van der Waals surface area contributed by atoms with E-state index in [9.17, 15) is 4.79 Å². The molecule has 3 heteroatoms. The maximum atomic E-state index is 11.8. The highest BCUT2D eigenvalue weighted by molar-refractivity contribution is 6.70. The van der Waals surface area contributed by atoms with Gasteiger partial charge in [-0.3, -0.25) is 4.79 Å². The maximum absolute atomic E-state index is 11.8. The van der Waals surface area contributed by atoms with Crippen molar-refractivity contribution in [2.24, 2.45) is 11.8 Å². The van der Waals surface area contributed by atoms with Crippen LogP contribution in [-0.4, -0.2) is 14.1 Å². The molecule has 0 aromatic rings. The van der Waals surface area contributed by atoms with Gasteiger partial charge in [-0.15, -0.1) is 0 Å². The minimum Gasteiger partial charge on any atom is -0.547 e. The molecule has 0 atom stereocenters. The molecule has 0 aliphatic rings. The monoisotopic (exact) mass is 256 g/mol. The first kappa shape index (κ1) is 16.4. The minimum absolute atomic E-state index is 0.189. The zero-order valence-corrected chi connectivity index (χ0v) is 13.5. The number of hydrogen-bond donors (Lipinski definition) is 0. The van der Waals surface area contributed by atoms with Crippen molar-refractivity contribution in [1.29, 1.82) is 0 Å². The fourth-order valence-corrected chi connectivity index (χ4v) is 2.50. The van der Waals surface area contributed by atoms with Gasteiger partial charge in [0.15, 0.2) is 5.78 Å². The summed E-state index contributed by atoms with van der Waals surface area (Å²) in [5.74, 6) is 1.99. The molecule has 0 heterocycles. The standard InChI is InChI=1S/C14H28O2Si/c1-11(2)8-13(15)10-14(9-12(3)4)16-17(5,6)7/h10-12H,8-9H2,1-7H3/b14-10-. The van der Waals surface area contributed by atoms with E-state index >= 15 is 0 Å². The molecule has 0 bridgehead atoms. The van der Waals surface area contributed by atoms with E-state index in [1.54, 1.807) is 6.08 Å². The van der Waals surface area contributed by atoms with Crippen LogP contribution in [0.5, 0.6) is 0 Å². The number of carbonyl (C=O) groups is 1.